The summed E-state index contributed by atoms with van der Waals surface area (Å²) in [6.07, 6.45) is 6.37. The maximum absolute atomic E-state index is 12.4. The van der Waals surface area contributed by atoms with Crippen molar-refractivity contribution in [2.75, 3.05) is 31.6 Å². The number of aromatic nitrogens is 1. The number of anilines is 1. The molecule has 0 atom stereocenters. The minimum Gasteiger partial charge on any atom is -0.497 e. The molecule has 1 heterocycles. The van der Waals surface area contributed by atoms with E-state index in [9.17, 15) is 4.79 Å². The number of rotatable bonds is 10. The summed E-state index contributed by atoms with van der Waals surface area (Å²) in [5.41, 5.74) is 2.78. The normalized spacial score (nSPS) is 10.4. The summed E-state index contributed by atoms with van der Waals surface area (Å²) in [4.78, 5) is 19.0. The summed E-state index contributed by atoms with van der Waals surface area (Å²) in [6.45, 7) is 6.84. The van der Waals surface area contributed by atoms with Crippen LogP contribution < -0.4 is 15.0 Å². The van der Waals surface area contributed by atoms with Gasteiger partial charge in [-0.25, -0.2) is 0 Å². The number of carbonyl (C=O) groups is 1. The molecule has 0 spiro atoms. The molecule has 0 aliphatic heterocycles. The second kappa shape index (κ2) is 10.4. The van der Waals surface area contributed by atoms with E-state index in [1.807, 2.05) is 36.5 Å². The van der Waals surface area contributed by atoms with Crippen LogP contribution in [-0.2, 0) is 6.42 Å². The summed E-state index contributed by atoms with van der Waals surface area (Å²) in [6, 6.07) is 9.82. The van der Waals surface area contributed by atoms with E-state index in [2.05, 4.69) is 29.0 Å². The third-order valence-electron chi connectivity index (χ3n) is 4.20. The quantitative estimate of drug-likeness (QED) is 0.706. The number of methoxy groups -OCH3 is 1. The second-order valence-electron chi connectivity index (χ2n) is 6.27. The number of pyridine rings is 1. The summed E-state index contributed by atoms with van der Waals surface area (Å²) in [5.74, 6) is 0.755. The monoisotopic (exact) mass is 355 g/mol. The molecule has 2 aromatic rings. The summed E-state index contributed by atoms with van der Waals surface area (Å²) in [5, 5.41) is 2.98. The fourth-order valence-corrected chi connectivity index (χ4v) is 2.85. The predicted molar refractivity (Wildman–Crippen MR) is 106 cm³/mol. The zero-order valence-electron chi connectivity index (χ0n) is 16.0. The molecule has 0 bridgehead atoms. The summed E-state index contributed by atoms with van der Waals surface area (Å²) >= 11 is 0. The van der Waals surface area contributed by atoms with Crippen LogP contribution in [0.3, 0.4) is 0 Å². The van der Waals surface area contributed by atoms with E-state index in [4.69, 9.17) is 4.74 Å². The highest BCUT2D eigenvalue weighted by Gasteiger charge is 2.10. The molecule has 0 saturated carbocycles. The summed E-state index contributed by atoms with van der Waals surface area (Å²) < 4.78 is 5.15. The lowest BCUT2D eigenvalue weighted by atomic mass is 10.1. The number of hydrogen-bond donors (Lipinski definition) is 1. The van der Waals surface area contributed by atoms with E-state index in [1.54, 1.807) is 13.3 Å². The SMILES string of the molecule is CCCN(CCC)c1cncc(C(=O)NCCc2ccc(OC)cc2)c1. The molecule has 0 fully saturated rings. The predicted octanol–water partition coefficient (Wildman–Crippen LogP) is 3.69. The molecular weight excluding hydrogens is 326 g/mol. The first-order chi connectivity index (χ1) is 12.7. The Labute approximate surface area is 156 Å². The number of nitrogens with zero attached hydrogens (tertiary/aromatic N) is 2. The van der Waals surface area contributed by atoms with Crippen molar-refractivity contribution in [3.8, 4) is 5.75 Å². The minimum atomic E-state index is -0.0826. The van der Waals surface area contributed by atoms with E-state index in [-0.39, 0.29) is 5.91 Å². The molecule has 26 heavy (non-hydrogen) atoms. The van der Waals surface area contributed by atoms with Gasteiger partial charge in [0.05, 0.1) is 24.6 Å². The Morgan fingerprint density at radius 2 is 1.81 bits per heavy atom. The van der Waals surface area contributed by atoms with Gasteiger partial charge < -0.3 is 15.0 Å². The molecule has 1 aromatic carbocycles. The first kappa shape index (κ1) is 19.8. The van der Waals surface area contributed by atoms with Crippen molar-refractivity contribution in [2.45, 2.75) is 33.1 Å². The second-order valence-corrected chi connectivity index (χ2v) is 6.27. The van der Waals surface area contributed by atoms with Crippen molar-refractivity contribution in [3.63, 3.8) is 0 Å². The Balaban J connectivity index is 1.92. The van der Waals surface area contributed by atoms with Crippen molar-refractivity contribution < 1.29 is 9.53 Å². The van der Waals surface area contributed by atoms with Gasteiger partial charge in [0, 0.05) is 25.8 Å². The third kappa shape index (κ3) is 5.76. The molecule has 140 valence electrons. The topological polar surface area (TPSA) is 54.5 Å². The van der Waals surface area contributed by atoms with Gasteiger partial charge >= 0.3 is 0 Å². The van der Waals surface area contributed by atoms with Crippen LogP contribution in [0.25, 0.3) is 0 Å². The Kier molecular flexibility index (Phi) is 7.93. The Bertz CT molecular complexity index is 680. The van der Waals surface area contributed by atoms with Crippen LogP contribution >= 0.6 is 0 Å². The highest BCUT2D eigenvalue weighted by atomic mass is 16.5. The van der Waals surface area contributed by atoms with Crippen LogP contribution in [0, 0.1) is 0 Å². The molecule has 2 rings (SSSR count). The lowest BCUT2D eigenvalue weighted by molar-refractivity contribution is 0.0954. The van der Waals surface area contributed by atoms with Crippen molar-refractivity contribution in [1.82, 2.24) is 10.3 Å². The van der Waals surface area contributed by atoms with Crippen molar-refractivity contribution in [2.24, 2.45) is 0 Å². The number of ether oxygens (including phenoxy) is 1. The number of carbonyl (C=O) groups excluding carboxylic acids is 1. The van der Waals surface area contributed by atoms with Gasteiger partial charge in [0.1, 0.15) is 5.75 Å². The van der Waals surface area contributed by atoms with Gasteiger partial charge in [-0.05, 0) is 43.0 Å². The molecule has 1 aromatic heterocycles. The fraction of sp³-hybridized carbons (Fsp3) is 0.429. The van der Waals surface area contributed by atoms with E-state index in [0.29, 0.717) is 12.1 Å². The van der Waals surface area contributed by atoms with Gasteiger partial charge in [-0.2, -0.15) is 0 Å². The van der Waals surface area contributed by atoms with Crippen LogP contribution in [0.4, 0.5) is 5.69 Å². The van der Waals surface area contributed by atoms with Gasteiger partial charge in [0.15, 0.2) is 0 Å². The third-order valence-corrected chi connectivity index (χ3v) is 4.20. The number of hydrogen-bond acceptors (Lipinski definition) is 4. The Morgan fingerprint density at radius 1 is 1.12 bits per heavy atom. The zero-order chi connectivity index (χ0) is 18.8. The van der Waals surface area contributed by atoms with E-state index in [1.165, 1.54) is 0 Å². The fourth-order valence-electron chi connectivity index (χ4n) is 2.85. The smallest absolute Gasteiger partial charge is 0.252 e. The lowest BCUT2D eigenvalue weighted by Crippen LogP contribution is -2.28. The molecule has 5 heteroatoms. The Hall–Kier alpha value is -2.56. The van der Waals surface area contributed by atoms with Crippen molar-refractivity contribution >= 4 is 11.6 Å². The molecular formula is C21H29N3O2. The van der Waals surface area contributed by atoms with Crippen LogP contribution in [0.15, 0.2) is 42.7 Å². The molecule has 0 radical (unpaired) electrons. The number of benzene rings is 1. The first-order valence-corrected chi connectivity index (χ1v) is 9.29. The van der Waals surface area contributed by atoms with Crippen LogP contribution in [0.2, 0.25) is 0 Å². The van der Waals surface area contributed by atoms with Gasteiger partial charge in [-0.1, -0.05) is 26.0 Å². The number of nitrogens with one attached hydrogen (secondary N) is 1. The number of amides is 1. The van der Waals surface area contributed by atoms with Crippen LogP contribution in [-0.4, -0.2) is 37.6 Å². The molecule has 1 N–H and O–H groups in total. The molecule has 0 aliphatic rings. The van der Waals surface area contributed by atoms with E-state index < -0.39 is 0 Å². The van der Waals surface area contributed by atoms with E-state index >= 15 is 0 Å². The van der Waals surface area contributed by atoms with Gasteiger partial charge in [0.2, 0.25) is 0 Å². The molecule has 1 amide bonds. The minimum absolute atomic E-state index is 0.0826. The molecule has 0 aliphatic carbocycles. The maximum atomic E-state index is 12.4. The zero-order valence-corrected chi connectivity index (χ0v) is 16.0. The Morgan fingerprint density at radius 3 is 2.42 bits per heavy atom. The lowest BCUT2D eigenvalue weighted by Gasteiger charge is -2.23. The molecule has 0 unspecified atom stereocenters. The maximum Gasteiger partial charge on any atom is 0.252 e. The van der Waals surface area contributed by atoms with Crippen LogP contribution in [0.5, 0.6) is 5.75 Å². The standard InChI is InChI=1S/C21H29N3O2/c1-4-12-24(13-5-2)19-14-18(15-22-16-19)21(25)23-11-10-17-6-8-20(26-3)9-7-17/h6-9,14-16H,4-5,10-13H2,1-3H3,(H,23,25). The highest BCUT2D eigenvalue weighted by Crippen LogP contribution is 2.16. The van der Waals surface area contributed by atoms with Crippen molar-refractivity contribution in [3.05, 3.63) is 53.9 Å². The van der Waals surface area contributed by atoms with Crippen LogP contribution in [0.1, 0.15) is 42.6 Å². The largest absolute Gasteiger partial charge is 0.497 e. The van der Waals surface area contributed by atoms with Gasteiger partial charge in [-0.15, -0.1) is 0 Å². The van der Waals surface area contributed by atoms with E-state index in [0.717, 1.165) is 49.4 Å². The average molecular weight is 355 g/mol. The highest BCUT2D eigenvalue weighted by molar-refractivity contribution is 5.94. The molecule has 5 nitrogen and oxygen atoms in total. The van der Waals surface area contributed by atoms with Gasteiger partial charge in [-0.3, -0.25) is 9.78 Å². The summed E-state index contributed by atoms with van der Waals surface area (Å²) in [7, 11) is 1.65. The van der Waals surface area contributed by atoms with Gasteiger partial charge in [0.25, 0.3) is 5.91 Å². The first-order valence-electron chi connectivity index (χ1n) is 9.29. The molecule has 0 saturated heterocycles. The van der Waals surface area contributed by atoms with Crippen molar-refractivity contribution in [1.29, 1.82) is 0 Å². The average Bonchev–Trinajstić information content (AvgIpc) is 2.68.